The Morgan fingerprint density at radius 3 is 1.24 bits per heavy atom. The van der Waals surface area contributed by atoms with Crippen LogP contribution in [0.3, 0.4) is 0 Å². The maximum Gasteiger partial charge on any atom is 0.305 e. The van der Waals surface area contributed by atoms with E-state index in [0.29, 0.717) is 18.8 Å². The summed E-state index contributed by atoms with van der Waals surface area (Å²) in [5.41, 5.74) is 0. The van der Waals surface area contributed by atoms with Gasteiger partial charge in [0.25, 0.3) is 0 Å². The number of phenolic OH excluding ortho intramolecular Hbond substituents is 1. The first kappa shape index (κ1) is 35.5. The van der Waals surface area contributed by atoms with Gasteiger partial charge in [-0.15, -0.1) is 0 Å². The van der Waals surface area contributed by atoms with Gasteiger partial charge in [0.05, 0.1) is 6.61 Å². The maximum atomic E-state index is 11.8. The fraction of sp³-hybridized carbons (Fsp3) is 0.794. The second-order valence-electron chi connectivity index (χ2n) is 10.7. The third kappa shape index (κ3) is 30.6. The number of hydrogen-bond donors (Lipinski definition) is 1. The Labute approximate surface area is 231 Å². The quantitative estimate of drug-likeness (QED) is 0.103. The van der Waals surface area contributed by atoms with E-state index < -0.39 is 0 Å². The molecule has 37 heavy (non-hydrogen) atoms. The van der Waals surface area contributed by atoms with E-state index in [1.165, 1.54) is 135 Å². The highest BCUT2D eigenvalue weighted by Crippen LogP contribution is 2.14. The third-order valence-electron chi connectivity index (χ3n) is 7.00. The van der Waals surface area contributed by atoms with Gasteiger partial charge in [-0.05, 0) is 25.0 Å². The van der Waals surface area contributed by atoms with Crippen LogP contribution in [-0.4, -0.2) is 17.7 Å². The molecule has 0 aliphatic carbocycles. The summed E-state index contributed by atoms with van der Waals surface area (Å²) >= 11 is 0. The predicted octanol–water partition coefficient (Wildman–Crippen LogP) is 11.3. The Morgan fingerprint density at radius 1 is 0.541 bits per heavy atom. The fourth-order valence-corrected chi connectivity index (χ4v) is 4.56. The average molecular weight is 519 g/mol. The van der Waals surface area contributed by atoms with Crippen LogP contribution >= 0.6 is 0 Å². The van der Waals surface area contributed by atoms with Crippen LogP contribution in [0.4, 0.5) is 0 Å². The number of ether oxygens (including phenoxy) is 1. The van der Waals surface area contributed by atoms with Crippen molar-refractivity contribution in [2.24, 2.45) is 0 Å². The summed E-state index contributed by atoms with van der Waals surface area (Å²) in [4.78, 5) is 11.8. The number of benzene rings is 1. The molecule has 0 atom stereocenters. The molecule has 0 saturated carbocycles. The summed E-state index contributed by atoms with van der Waals surface area (Å²) in [6, 6.07) is 8.71. The maximum absolute atomic E-state index is 11.8. The molecule has 0 unspecified atom stereocenters. The smallest absolute Gasteiger partial charge is 0.305 e. The van der Waals surface area contributed by atoms with Crippen LogP contribution in [0.2, 0.25) is 0 Å². The Kier molecular flexibility index (Phi) is 29.5. The Balaban J connectivity index is 0.00000158. The van der Waals surface area contributed by atoms with Gasteiger partial charge in [0.1, 0.15) is 5.75 Å². The number of carbonyl (C=O) groups is 1. The molecule has 0 saturated heterocycles. The van der Waals surface area contributed by atoms with Gasteiger partial charge >= 0.3 is 5.97 Å². The highest BCUT2D eigenvalue weighted by molar-refractivity contribution is 5.69. The van der Waals surface area contributed by atoms with Crippen molar-refractivity contribution in [2.45, 2.75) is 168 Å². The lowest BCUT2D eigenvalue weighted by molar-refractivity contribution is -0.143. The van der Waals surface area contributed by atoms with E-state index in [9.17, 15) is 4.79 Å². The summed E-state index contributed by atoms with van der Waals surface area (Å²) in [7, 11) is 0. The van der Waals surface area contributed by atoms with Crippen LogP contribution in [0.1, 0.15) is 168 Å². The fourth-order valence-electron chi connectivity index (χ4n) is 4.56. The monoisotopic (exact) mass is 518 g/mol. The molecule has 216 valence electrons. The number of para-hydroxylation sites is 1. The molecular formula is C34H62O3. The van der Waals surface area contributed by atoms with E-state index in [2.05, 4.69) is 13.8 Å². The minimum absolute atomic E-state index is 0.0222. The van der Waals surface area contributed by atoms with Crippen molar-refractivity contribution in [1.82, 2.24) is 0 Å². The van der Waals surface area contributed by atoms with E-state index in [4.69, 9.17) is 9.84 Å². The van der Waals surface area contributed by atoms with Crippen LogP contribution in [0.15, 0.2) is 30.3 Å². The lowest BCUT2D eigenvalue weighted by Crippen LogP contribution is -2.05. The van der Waals surface area contributed by atoms with E-state index in [1.807, 2.05) is 6.07 Å². The van der Waals surface area contributed by atoms with Gasteiger partial charge in [-0.25, -0.2) is 0 Å². The highest BCUT2D eigenvalue weighted by atomic mass is 16.5. The largest absolute Gasteiger partial charge is 0.508 e. The molecule has 0 heterocycles. The second kappa shape index (κ2) is 30.7. The molecule has 1 aromatic carbocycles. The molecule has 1 rings (SSSR count). The number of esters is 1. The summed E-state index contributed by atoms with van der Waals surface area (Å²) in [6.07, 6.45) is 31.3. The van der Waals surface area contributed by atoms with Crippen LogP contribution in [0.25, 0.3) is 0 Å². The van der Waals surface area contributed by atoms with Gasteiger partial charge in [0.2, 0.25) is 0 Å². The van der Waals surface area contributed by atoms with E-state index in [0.717, 1.165) is 12.8 Å². The first-order chi connectivity index (χ1) is 18.2. The van der Waals surface area contributed by atoms with Gasteiger partial charge in [0.15, 0.2) is 0 Å². The Morgan fingerprint density at radius 2 is 0.892 bits per heavy atom. The SMILES string of the molecule is CCCCCCCCCCCCCCCC(=O)OCCCCCCCCCCCC.Oc1ccccc1. The van der Waals surface area contributed by atoms with Crippen molar-refractivity contribution >= 4 is 5.97 Å². The molecule has 0 aliphatic heterocycles. The molecule has 0 aromatic heterocycles. The van der Waals surface area contributed by atoms with Gasteiger partial charge in [0, 0.05) is 6.42 Å². The molecular weight excluding hydrogens is 456 g/mol. The number of unbranched alkanes of at least 4 members (excludes halogenated alkanes) is 21. The van der Waals surface area contributed by atoms with Crippen molar-refractivity contribution < 1.29 is 14.6 Å². The minimum Gasteiger partial charge on any atom is -0.508 e. The van der Waals surface area contributed by atoms with Crippen molar-refractivity contribution in [3.8, 4) is 5.75 Å². The standard InChI is InChI=1S/C28H56O2.C6H6O/c1-3-5-7-9-11-13-15-16-17-18-20-22-24-26-28(29)30-27-25-23-21-19-14-12-10-8-6-4-2;7-6-4-2-1-3-5-6/h3-27H2,1-2H3;1-5,7H. The first-order valence-electron chi connectivity index (χ1n) is 16.1. The summed E-state index contributed by atoms with van der Waals surface area (Å²) in [6.45, 7) is 5.18. The van der Waals surface area contributed by atoms with Gasteiger partial charge in [-0.1, -0.05) is 167 Å². The van der Waals surface area contributed by atoms with E-state index >= 15 is 0 Å². The number of rotatable bonds is 25. The normalized spacial score (nSPS) is 10.6. The average Bonchev–Trinajstić information content (AvgIpc) is 2.91. The van der Waals surface area contributed by atoms with E-state index in [-0.39, 0.29) is 5.97 Å². The predicted molar refractivity (Wildman–Crippen MR) is 161 cm³/mol. The molecule has 1 aromatic rings. The molecule has 0 amide bonds. The highest BCUT2D eigenvalue weighted by Gasteiger charge is 2.02. The second-order valence-corrected chi connectivity index (χ2v) is 10.7. The molecule has 1 N–H and O–H groups in total. The molecule has 0 aliphatic rings. The molecule has 0 spiro atoms. The molecule has 0 bridgehead atoms. The lowest BCUT2D eigenvalue weighted by atomic mass is 10.0. The minimum atomic E-state index is 0.0222. The topological polar surface area (TPSA) is 46.5 Å². The molecule has 0 radical (unpaired) electrons. The zero-order valence-corrected chi connectivity index (χ0v) is 24.8. The first-order valence-corrected chi connectivity index (χ1v) is 16.1. The van der Waals surface area contributed by atoms with Crippen LogP contribution < -0.4 is 0 Å². The van der Waals surface area contributed by atoms with Crippen molar-refractivity contribution in [3.05, 3.63) is 30.3 Å². The summed E-state index contributed by atoms with van der Waals surface area (Å²) < 4.78 is 5.38. The number of hydrogen-bond acceptors (Lipinski definition) is 3. The Bertz CT molecular complexity index is 557. The van der Waals surface area contributed by atoms with E-state index in [1.54, 1.807) is 24.3 Å². The molecule has 3 heteroatoms. The van der Waals surface area contributed by atoms with Crippen LogP contribution in [-0.2, 0) is 9.53 Å². The zero-order valence-electron chi connectivity index (χ0n) is 24.8. The number of carbonyl (C=O) groups excluding carboxylic acids is 1. The zero-order chi connectivity index (χ0) is 27.1. The van der Waals surface area contributed by atoms with Gasteiger partial charge in [-0.2, -0.15) is 0 Å². The summed E-state index contributed by atoms with van der Waals surface area (Å²) in [5.74, 6) is 0.344. The number of phenols is 1. The summed E-state index contributed by atoms with van der Waals surface area (Å²) in [5, 5.41) is 8.63. The molecule has 3 nitrogen and oxygen atoms in total. The van der Waals surface area contributed by atoms with Crippen LogP contribution in [0.5, 0.6) is 5.75 Å². The molecule has 0 fully saturated rings. The number of aromatic hydroxyl groups is 1. The van der Waals surface area contributed by atoms with Gasteiger partial charge in [-0.3, -0.25) is 4.79 Å². The van der Waals surface area contributed by atoms with Crippen molar-refractivity contribution in [3.63, 3.8) is 0 Å². The third-order valence-corrected chi connectivity index (χ3v) is 7.00. The Hall–Kier alpha value is -1.51. The van der Waals surface area contributed by atoms with Crippen LogP contribution in [0, 0.1) is 0 Å². The van der Waals surface area contributed by atoms with Crippen molar-refractivity contribution in [2.75, 3.05) is 6.61 Å². The lowest BCUT2D eigenvalue weighted by Gasteiger charge is -2.06. The van der Waals surface area contributed by atoms with Gasteiger partial charge < -0.3 is 9.84 Å². The van der Waals surface area contributed by atoms with Crippen molar-refractivity contribution in [1.29, 1.82) is 0 Å².